The Labute approximate surface area is 203 Å². The highest BCUT2D eigenvalue weighted by molar-refractivity contribution is 5.38. The first-order valence-corrected chi connectivity index (χ1v) is 13.9. The average Bonchev–Trinajstić information content (AvgIpc) is 3.00. The average molecular weight is 461 g/mol. The van der Waals surface area contributed by atoms with Crippen molar-refractivity contribution in [2.45, 2.75) is 137 Å². The molecule has 3 unspecified atom stereocenters. The zero-order valence-electron chi connectivity index (χ0n) is 22.8. The molecular weight excluding hydrogens is 408 g/mol. The molecule has 0 aromatic heterocycles. The van der Waals surface area contributed by atoms with Crippen molar-refractivity contribution in [3.63, 3.8) is 0 Å². The van der Waals surface area contributed by atoms with E-state index in [0.29, 0.717) is 24.7 Å². The second-order valence-electron chi connectivity index (χ2n) is 14.5. The van der Waals surface area contributed by atoms with Gasteiger partial charge in [0.05, 0.1) is 17.8 Å². The van der Waals surface area contributed by atoms with Crippen LogP contribution in [0.3, 0.4) is 0 Å². The molecule has 0 radical (unpaired) electrons. The molecule has 2 saturated carbocycles. The van der Waals surface area contributed by atoms with E-state index in [-0.39, 0.29) is 39.8 Å². The van der Waals surface area contributed by atoms with Gasteiger partial charge in [-0.25, -0.2) is 0 Å². The van der Waals surface area contributed by atoms with Crippen molar-refractivity contribution in [2.24, 2.45) is 39.4 Å². The van der Waals surface area contributed by atoms with Gasteiger partial charge in [0, 0.05) is 0 Å². The molecule has 4 rings (SSSR count). The van der Waals surface area contributed by atoms with Crippen molar-refractivity contribution in [3.05, 3.63) is 11.1 Å². The molecule has 3 N–H and O–H groups in total. The molecule has 0 amide bonds. The first-order valence-electron chi connectivity index (χ1n) is 13.9. The highest BCUT2D eigenvalue weighted by Gasteiger charge is 2.63. The second kappa shape index (κ2) is 8.07. The van der Waals surface area contributed by atoms with Crippen LogP contribution >= 0.6 is 0 Å². The van der Waals surface area contributed by atoms with Crippen LogP contribution in [0.25, 0.3) is 0 Å². The number of aliphatic hydroxyl groups excluding tert-OH is 2. The summed E-state index contributed by atoms with van der Waals surface area (Å²) in [5.74, 6) is 1.36. The molecule has 8 atom stereocenters. The molecule has 0 aromatic carbocycles. The third-order valence-corrected chi connectivity index (χ3v) is 12.1. The van der Waals surface area contributed by atoms with Crippen molar-refractivity contribution in [2.75, 3.05) is 0 Å². The van der Waals surface area contributed by atoms with Gasteiger partial charge in [-0.3, -0.25) is 0 Å². The quantitative estimate of drug-likeness (QED) is 0.403. The Kier molecular flexibility index (Phi) is 6.28. The first-order chi connectivity index (χ1) is 15.1. The standard InChI is InChI=1S/C30H52O3/c1-19(23(31)13-15-26(2,3)33)20-11-17-30(8)22-9-10-24-27(4,5)25(32)14-16-28(24,6)21(22)12-18-29(20,30)7/h19-20,23-25,31-33H,9-18H2,1-8H3/t19-,20?,23?,24?,25-,28+,29+,30-/m0/s1. The maximum Gasteiger partial charge on any atom is 0.0594 e. The van der Waals surface area contributed by atoms with Gasteiger partial charge in [-0.05, 0) is 117 Å². The van der Waals surface area contributed by atoms with Crippen LogP contribution in [-0.2, 0) is 0 Å². The fourth-order valence-corrected chi connectivity index (χ4v) is 9.59. The zero-order valence-corrected chi connectivity index (χ0v) is 22.8. The molecule has 2 fully saturated rings. The Bertz CT molecular complexity index is 791. The summed E-state index contributed by atoms with van der Waals surface area (Å²) in [6.07, 6.45) is 10.1. The van der Waals surface area contributed by atoms with Crippen molar-refractivity contribution in [1.82, 2.24) is 0 Å². The maximum atomic E-state index is 11.1. The number of hydrogen-bond acceptors (Lipinski definition) is 3. The summed E-state index contributed by atoms with van der Waals surface area (Å²) in [6.45, 7) is 18.2. The molecule has 0 aromatic rings. The van der Waals surface area contributed by atoms with Gasteiger partial charge in [-0.1, -0.05) is 52.7 Å². The Hall–Kier alpha value is -0.380. The molecule has 33 heavy (non-hydrogen) atoms. The van der Waals surface area contributed by atoms with Crippen LogP contribution in [0.5, 0.6) is 0 Å². The predicted octanol–water partition coefficient (Wildman–Crippen LogP) is 6.64. The summed E-state index contributed by atoms with van der Waals surface area (Å²) < 4.78 is 0. The fraction of sp³-hybridized carbons (Fsp3) is 0.933. The van der Waals surface area contributed by atoms with Gasteiger partial charge in [0.1, 0.15) is 0 Å². The van der Waals surface area contributed by atoms with Crippen LogP contribution in [0.4, 0.5) is 0 Å². The van der Waals surface area contributed by atoms with Crippen molar-refractivity contribution in [3.8, 4) is 0 Å². The van der Waals surface area contributed by atoms with Crippen LogP contribution in [-0.4, -0.2) is 33.1 Å². The number of aliphatic hydroxyl groups is 3. The smallest absolute Gasteiger partial charge is 0.0594 e. The van der Waals surface area contributed by atoms with E-state index in [9.17, 15) is 15.3 Å². The van der Waals surface area contributed by atoms with Gasteiger partial charge < -0.3 is 15.3 Å². The lowest BCUT2D eigenvalue weighted by Gasteiger charge is -2.62. The van der Waals surface area contributed by atoms with Gasteiger partial charge in [0.15, 0.2) is 0 Å². The number of allylic oxidation sites excluding steroid dienone is 2. The van der Waals surface area contributed by atoms with Crippen LogP contribution in [0.2, 0.25) is 0 Å². The molecule has 0 aliphatic heterocycles. The van der Waals surface area contributed by atoms with Crippen molar-refractivity contribution < 1.29 is 15.3 Å². The second-order valence-corrected chi connectivity index (χ2v) is 14.5. The summed E-state index contributed by atoms with van der Waals surface area (Å²) in [7, 11) is 0. The Morgan fingerprint density at radius 3 is 2.24 bits per heavy atom. The minimum atomic E-state index is -0.714. The van der Waals surface area contributed by atoms with Gasteiger partial charge >= 0.3 is 0 Å². The number of rotatable bonds is 5. The molecule has 190 valence electrons. The zero-order chi connectivity index (χ0) is 24.6. The van der Waals surface area contributed by atoms with Crippen LogP contribution < -0.4 is 0 Å². The lowest BCUT2D eigenvalue weighted by Crippen LogP contribution is -2.55. The summed E-state index contributed by atoms with van der Waals surface area (Å²) in [5, 5.41) is 32.1. The van der Waals surface area contributed by atoms with E-state index in [1.807, 2.05) is 13.8 Å². The topological polar surface area (TPSA) is 60.7 Å². The van der Waals surface area contributed by atoms with E-state index in [1.54, 1.807) is 11.1 Å². The van der Waals surface area contributed by atoms with E-state index in [1.165, 1.54) is 38.5 Å². The van der Waals surface area contributed by atoms with E-state index in [0.717, 1.165) is 12.8 Å². The molecular formula is C30H52O3. The molecule has 4 aliphatic rings. The summed E-state index contributed by atoms with van der Waals surface area (Å²) in [6, 6.07) is 0. The highest BCUT2D eigenvalue weighted by Crippen LogP contribution is 2.72. The molecule has 3 heteroatoms. The van der Waals surface area contributed by atoms with Gasteiger partial charge in [0.2, 0.25) is 0 Å². The summed E-state index contributed by atoms with van der Waals surface area (Å²) >= 11 is 0. The van der Waals surface area contributed by atoms with Crippen molar-refractivity contribution in [1.29, 1.82) is 0 Å². The summed E-state index contributed by atoms with van der Waals surface area (Å²) in [4.78, 5) is 0. The summed E-state index contributed by atoms with van der Waals surface area (Å²) in [5.41, 5.74) is 3.49. The minimum absolute atomic E-state index is 0.00942. The molecule has 3 nitrogen and oxygen atoms in total. The molecule has 0 bridgehead atoms. The minimum Gasteiger partial charge on any atom is -0.393 e. The van der Waals surface area contributed by atoms with Gasteiger partial charge in [-0.15, -0.1) is 0 Å². The van der Waals surface area contributed by atoms with E-state index >= 15 is 0 Å². The van der Waals surface area contributed by atoms with Gasteiger partial charge in [-0.2, -0.15) is 0 Å². The monoisotopic (exact) mass is 460 g/mol. The largest absolute Gasteiger partial charge is 0.393 e. The lowest BCUT2D eigenvalue weighted by atomic mass is 9.43. The number of fused-ring (bicyclic) bond motifs is 4. The Morgan fingerprint density at radius 2 is 1.61 bits per heavy atom. The molecule has 0 saturated heterocycles. The van der Waals surface area contributed by atoms with E-state index in [2.05, 4.69) is 41.5 Å². The lowest BCUT2D eigenvalue weighted by molar-refractivity contribution is -0.0971. The van der Waals surface area contributed by atoms with Crippen LogP contribution in [0.15, 0.2) is 11.1 Å². The molecule has 0 heterocycles. The molecule has 4 aliphatic carbocycles. The van der Waals surface area contributed by atoms with E-state index < -0.39 is 5.60 Å². The Balaban J connectivity index is 1.63. The predicted molar refractivity (Wildman–Crippen MR) is 136 cm³/mol. The Morgan fingerprint density at radius 1 is 0.939 bits per heavy atom. The third kappa shape index (κ3) is 3.78. The van der Waals surface area contributed by atoms with E-state index in [4.69, 9.17) is 0 Å². The molecule has 0 spiro atoms. The number of hydrogen-bond donors (Lipinski definition) is 3. The maximum absolute atomic E-state index is 11.1. The fourth-order valence-electron chi connectivity index (χ4n) is 9.59. The van der Waals surface area contributed by atoms with Crippen LogP contribution in [0, 0.1) is 39.4 Å². The van der Waals surface area contributed by atoms with Crippen molar-refractivity contribution >= 4 is 0 Å². The third-order valence-electron chi connectivity index (χ3n) is 12.1. The van der Waals surface area contributed by atoms with Crippen LogP contribution in [0.1, 0.15) is 120 Å². The highest BCUT2D eigenvalue weighted by atomic mass is 16.3. The van der Waals surface area contributed by atoms with Gasteiger partial charge in [0.25, 0.3) is 0 Å². The SMILES string of the molecule is C[C@H](C(O)CCC(C)(C)O)C1CC[C@@]2(C)C3=C(CC[C@]12C)[C@@]1(C)CC[C@H](O)C(C)(C)C1CC3. The first kappa shape index (κ1) is 25.7. The normalized spacial score (nSPS) is 44.6.